The van der Waals surface area contributed by atoms with Gasteiger partial charge in [-0.15, -0.1) is 0 Å². The number of halogens is 1. The highest BCUT2D eigenvalue weighted by Gasteiger charge is 2.31. The van der Waals surface area contributed by atoms with Crippen LogP contribution in [0.4, 0.5) is 0 Å². The van der Waals surface area contributed by atoms with Crippen molar-refractivity contribution in [3.8, 4) is 11.8 Å². The molecule has 2 rings (SSSR count). The fourth-order valence-electron chi connectivity index (χ4n) is 2.40. The number of nitrogens with zero attached hydrogens (tertiary/aromatic N) is 1. The zero-order chi connectivity index (χ0) is 18.6. The molecule has 2 atom stereocenters. The van der Waals surface area contributed by atoms with Crippen molar-refractivity contribution in [3.05, 3.63) is 28.8 Å². The van der Waals surface area contributed by atoms with E-state index in [4.69, 9.17) is 21.1 Å². The molecule has 6 nitrogen and oxygen atoms in total. The smallest absolute Gasteiger partial charge is 0.313 e. The van der Waals surface area contributed by atoms with Crippen LogP contribution in [-0.4, -0.2) is 30.6 Å². The minimum atomic E-state index is -1.01. The molecule has 1 heterocycles. The van der Waals surface area contributed by atoms with Crippen LogP contribution in [-0.2, 0) is 20.7 Å². The molecular weight excluding hydrogens is 344 g/mol. The molecule has 0 fully saturated rings. The maximum atomic E-state index is 12.2. The Labute approximate surface area is 152 Å². The summed E-state index contributed by atoms with van der Waals surface area (Å²) < 4.78 is 10.6. The van der Waals surface area contributed by atoms with E-state index in [0.717, 1.165) is 5.56 Å². The summed E-state index contributed by atoms with van der Waals surface area (Å²) in [5.41, 5.74) is -0.172. The van der Waals surface area contributed by atoms with Crippen molar-refractivity contribution >= 4 is 23.5 Å². The number of hydrogen-bond donors (Lipinski definition) is 1. The van der Waals surface area contributed by atoms with Crippen molar-refractivity contribution in [2.45, 2.75) is 32.7 Å². The van der Waals surface area contributed by atoms with Crippen molar-refractivity contribution in [2.75, 3.05) is 13.2 Å². The van der Waals surface area contributed by atoms with Gasteiger partial charge >= 0.3 is 5.97 Å². The monoisotopic (exact) mass is 364 g/mol. The van der Waals surface area contributed by atoms with Gasteiger partial charge in [0.1, 0.15) is 17.9 Å². The van der Waals surface area contributed by atoms with Crippen LogP contribution in [0, 0.1) is 23.2 Å². The molecule has 0 saturated carbocycles. The van der Waals surface area contributed by atoms with E-state index in [1.165, 1.54) is 0 Å². The number of carbonyl (C=O) groups excluding carboxylic acids is 2. The SMILES string of the molecule is CC(C)[C@@](C)(C#N)NC(=O)COC(=O)[C@@H]1COc2ccc(Cl)cc2C1. The van der Waals surface area contributed by atoms with E-state index >= 15 is 0 Å². The largest absolute Gasteiger partial charge is 0.492 e. The Morgan fingerprint density at radius 1 is 1.52 bits per heavy atom. The number of nitriles is 1. The Bertz CT molecular complexity index is 714. The predicted octanol–water partition coefficient (Wildman–Crippen LogP) is 2.49. The lowest BCUT2D eigenvalue weighted by molar-refractivity contribution is -0.154. The third-order valence-corrected chi connectivity index (χ3v) is 4.63. The zero-order valence-corrected chi connectivity index (χ0v) is 15.2. The second-order valence-electron chi connectivity index (χ2n) is 6.59. The fourth-order valence-corrected chi connectivity index (χ4v) is 2.59. The van der Waals surface area contributed by atoms with E-state index in [0.29, 0.717) is 17.2 Å². The summed E-state index contributed by atoms with van der Waals surface area (Å²) >= 11 is 5.96. The fraction of sp³-hybridized carbons (Fsp3) is 0.500. The first-order valence-electron chi connectivity index (χ1n) is 8.05. The minimum Gasteiger partial charge on any atom is -0.492 e. The molecule has 1 aromatic rings. The molecular formula is C18H21ClN2O4. The lowest BCUT2D eigenvalue weighted by atomic mass is 9.90. The lowest BCUT2D eigenvalue weighted by Crippen LogP contribution is -2.50. The van der Waals surface area contributed by atoms with Crippen molar-refractivity contribution in [2.24, 2.45) is 11.8 Å². The van der Waals surface area contributed by atoms with Gasteiger partial charge in [0, 0.05) is 5.02 Å². The molecule has 25 heavy (non-hydrogen) atoms. The number of fused-ring (bicyclic) bond motifs is 1. The van der Waals surface area contributed by atoms with Crippen LogP contribution in [0.15, 0.2) is 18.2 Å². The van der Waals surface area contributed by atoms with Gasteiger partial charge in [0.2, 0.25) is 0 Å². The van der Waals surface area contributed by atoms with Crippen molar-refractivity contribution in [3.63, 3.8) is 0 Å². The molecule has 0 bridgehead atoms. The van der Waals surface area contributed by atoms with Crippen LogP contribution < -0.4 is 10.1 Å². The molecule has 0 unspecified atom stereocenters. The lowest BCUT2D eigenvalue weighted by Gasteiger charge is -2.27. The molecule has 7 heteroatoms. The Morgan fingerprint density at radius 2 is 2.24 bits per heavy atom. The summed E-state index contributed by atoms with van der Waals surface area (Å²) in [4.78, 5) is 24.2. The van der Waals surface area contributed by atoms with Crippen LogP contribution >= 0.6 is 11.6 Å². The number of rotatable bonds is 5. The predicted molar refractivity (Wildman–Crippen MR) is 92.1 cm³/mol. The van der Waals surface area contributed by atoms with E-state index in [1.807, 2.05) is 13.8 Å². The van der Waals surface area contributed by atoms with Gasteiger partial charge in [0.15, 0.2) is 6.61 Å². The van der Waals surface area contributed by atoms with Gasteiger partial charge in [-0.3, -0.25) is 9.59 Å². The Kier molecular flexibility index (Phi) is 5.91. The Balaban J connectivity index is 1.89. The maximum absolute atomic E-state index is 12.2. The molecule has 0 aromatic heterocycles. The molecule has 1 amide bonds. The van der Waals surface area contributed by atoms with Gasteiger partial charge in [-0.1, -0.05) is 25.4 Å². The standard InChI is InChI=1S/C18H21ClN2O4/c1-11(2)18(3,10-20)21-16(22)9-25-17(23)13-6-12-7-14(19)4-5-15(12)24-8-13/h4-5,7,11,13H,6,8-9H2,1-3H3,(H,21,22)/t13-,18+/m0/s1. The number of benzene rings is 1. The second kappa shape index (κ2) is 7.75. The third kappa shape index (κ3) is 4.64. The Morgan fingerprint density at radius 3 is 2.88 bits per heavy atom. The quantitative estimate of drug-likeness (QED) is 0.811. The number of amides is 1. The first kappa shape index (κ1) is 19.1. The van der Waals surface area contributed by atoms with Gasteiger partial charge < -0.3 is 14.8 Å². The van der Waals surface area contributed by atoms with Crippen LogP contribution in [0.2, 0.25) is 5.02 Å². The van der Waals surface area contributed by atoms with Crippen LogP contribution in [0.1, 0.15) is 26.3 Å². The van der Waals surface area contributed by atoms with Crippen molar-refractivity contribution in [1.29, 1.82) is 5.26 Å². The molecule has 0 radical (unpaired) electrons. The summed E-state index contributed by atoms with van der Waals surface area (Å²) in [6, 6.07) is 7.32. The summed E-state index contributed by atoms with van der Waals surface area (Å²) in [6.07, 6.45) is 0.443. The first-order valence-corrected chi connectivity index (χ1v) is 8.43. The summed E-state index contributed by atoms with van der Waals surface area (Å²) in [7, 11) is 0. The van der Waals surface area contributed by atoms with Crippen molar-refractivity contribution in [1.82, 2.24) is 5.32 Å². The highest BCUT2D eigenvalue weighted by atomic mass is 35.5. The van der Waals surface area contributed by atoms with Gasteiger partial charge in [0.25, 0.3) is 5.91 Å². The van der Waals surface area contributed by atoms with E-state index in [2.05, 4.69) is 11.4 Å². The van der Waals surface area contributed by atoms with Gasteiger partial charge in [-0.25, -0.2) is 0 Å². The van der Waals surface area contributed by atoms with E-state index in [-0.39, 0.29) is 12.5 Å². The first-order chi connectivity index (χ1) is 11.7. The molecule has 0 aliphatic carbocycles. The number of carbonyl (C=O) groups is 2. The maximum Gasteiger partial charge on any atom is 0.313 e. The van der Waals surface area contributed by atoms with Crippen LogP contribution in [0.5, 0.6) is 5.75 Å². The van der Waals surface area contributed by atoms with Crippen molar-refractivity contribution < 1.29 is 19.1 Å². The highest BCUT2D eigenvalue weighted by Crippen LogP contribution is 2.30. The molecule has 1 N–H and O–H groups in total. The van der Waals surface area contributed by atoms with Crippen LogP contribution in [0.25, 0.3) is 0 Å². The van der Waals surface area contributed by atoms with Crippen LogP contribution in [0.3, 0.4) is 0 Å². The topological polar surface area (TPSA) is 88.4 Å². The second-order valence-corrected chi connectivity index (χ2v) is 7.03. The Hall–Kier alpha value is -2.26. The minimum absolute atomic E-state index is 0.0786. The molecule has 1 aliphatic heterocycles. The number of esters is 1. The van der Waals surface area contributed by atoms with E-state index in [9.17, 15) is 14.9 Å². The number of ether oxygens (including phenoxy) is 2. The summed E-state index contributed by atoms with van der Waals surface area (Å²) in [5, 5.41) is 12.4. The highest BCUT2D eigenvalue weighted by molar-refractivity contribution is 6.30. The van der Waals surface area contributed by atoms with E-state index in [1.54, 1.807) is 25.1 Å². The summed E-state index contributed by atoms with van der Waals surface area (Å²) in [6.45, 7) is 5.06. The molecule has 1 aromatic carbocycles. The summed E-state index contributed by atoms with van der Waals surface area (Å²) in [5.74, 6) is -0.889. The van der Waals surface area contributed by atoms with Gasteiger partial charge in [0.05, 0.1) is 12.0 Å². The van der Waals surface area contributed by atoms with Gasteiger partial charge in [-0.05, 0) is 43.0 Å². The zero-order valence-electron chi connectivity index (χ0n) is 14.5. The number of nitrogens with one attached hydrogen (secondary N) is 1. The average molecular weight is 365 g/mol. The molecule has 0 saturated heterocycles. The average Bonchev–Trinajstić information content (AvgIpc) is 2.58. The molecule has 1 aliphatic rings. The molecule has 134 valence electrons. The van der Waals surface area contributed by atoms with Gasteiger partial charge in [-0.2, -0.15) is 5.26 Å². The van der Waals surface area contributed by atoms with E-state index < -0.39 is 29.9 Å². The normalized spacial score (nSPS) is 18.3. The number of hydrogen-bond acceptors (Lipinski definition) is 5. The third-order valence-electron chi connectivity index (χ3n) is 4.39. The molecule has 0 spiro atoms.